The van der Waals surface area contributed by atoms with Crippen molar-refractivity contribution in [2.45, 2.75) is 32.0 Å². The Bertz CT molecular complexity index is 652. The Hall–Kier alpha value is -2.75. The lowest BCUT2D eigenvalue weighted by atomic mass is 10.0. The predicted molar refractivity (Wildman–Crippen MR) is 79.2 cm³/mol. The maximum Gasteiger partial charge on any atom is 0.318 e. The highest BCUT2D eigenvalue weighted by molar-refractivity contribution is 5.85. The zero-order chi connectivity index (χ0) is 17.4. The third-order valence-electron chi connectivity index (χ3n) is 3.43. The first-order chi connectivity index (χ1) is 10.6. The summed E-state index contributed by atoms with van der Waals surface area (Å²) in [5.41, 5.74) is -1.31. The monoisotopic (exact) mass is 324 g/mol. The van der Waals surface area contributed by atoms with Crippen molar-refractivity contribution >= 4 is 17.3 Å². The number of carbonyl (C=O) groups excluding carboxylic acids is 1. The molecular weight excluding hydrogens is 308 g/mol. The van der Waals surface area contributed by atoms with Crippen LogP contribution in [0.15, 0.2) is 12.1 Å². The van der Waals surface area contributed by atoms with Crippen molar-refractivity contribution in [2.75, 3.05) is 7.11 Å². The number of hydrogen-bond donors (Lipinski definition) is 2. The molecule has 1 aromatic carbocycles. The van der Waals surface area contributed by atoms with E-state index >= 15 is 0 Å². The molecule has 124 valence electrons. The summed E-state index contributed by atoms with van der Waals surface area (Å²) in [7, 11) is 1.13. The number of nitrogens with zero attached hydrogens (tertiary/aromatic N) is 2. The normalized spacial score (nSPS) is 19.3. The molecule has 23 heavy (non-hydrogen) atoms. The molecule has 1 fully saturated rings. The first kappa shape index (κ1) is 16.6. The second kappa shape index (κ2) is 5.80. The Labute approximate surface area is 131 Å². The number of hydrogen-bond acceptors (Lipinski definition) is 7. The zero-order valence-corrected chi connectivity index (χ0v) is 12.8. The van der Waals surface area contributed by atoms with E-state index in [9.17, 15) is 25.0 Å². The minimum Gasteiger partial charge on any atom is -0.485 e. The van der Waals surface area contributed by atoms with Gasteiger partial charge in [-0.05, 0) is 25.8 Å². The van der Waals surface area contributed by atoms with E-state index in [-0.39, 0.29) is 12.3 Å². The van der Waals surface area contributed by atoms with Gasteiger partial charge in [-0.1, -0.05) is 0 Å². The van der Waals surface area contributed by atoms with Gasteiger partial charge in [0, 0.05) is 12.1 Å². The van der Waals surface area contributed by atoms with E-state index < -0.39 is 38.7 Å². The minimum atomic E-state index is -0.749. The van der Waals surface area contributed by atoms with Gasteiger partial charge in [0.25, 0.3) is 5.75 Å². The van der Waals surface area contributed by atoms with Crippen LogP contribution in [-0.4, -0.2) is 34.6 Å². The van der Waals surface area contributed by atoms with Gasteiger partial charge in [0.1, 0.15) is 0 Å². The molecule has 0 aromatic heterocycles. The zero-order valence-electron chi connectivity index (χ0n) is 12.8. The standard InChI is InChI=1S/C13H16N4O6/c1-13(2)14-8(12(18)15-13)4-7-5-9(16(19)20)11(23-3)10(6-7)17(21)22/h5-6,8,14H,4H2,1-3H3,(H,15,18)/t8-/m0/s1. The third kappa shape index (κ3) is 3.37. The van der Waals surface area contributed by atoms with Crippen molar-refractivity contribution in [2.24, 2.45) is 0 Å². The largest absolute Gasteiger partial charge is 0.485 e. The van der Waals surface area contributed by atoms with E-state index in [4.69, 9.17) is 4.74 Å². The summed E-state index contributed by atoms with van der Waals surface area (Å²) in [5.74, 6) is -0.677. The molecule has 0 radical (unpaired) electrons. The minimum absolute atomic E-state index is 0.0843. The summed E-state index contributed by atoms with van der Waals surface area (Å²) in [6.45, 7) is 3.54. The van der Waals surface area contributed by atoms with Crippen molar-refractivity contribution in [3.63, 3.8) is 0 Å². The summed E-state index contributed by atoms with van der Waals surface area (Å²) in [6, 6.07) is 1.75. The SMILES string of the molecule is COc1c([N+](=O)[O-])cc(C[C@@H]2NC(C)(C)NC2=O)cc1[N+](=O)[O-]. The van der Waals surface area contributed by atoms with E-state index in [2.05, 4.69) is 10.6 Å². The number of nitro groups is 2. The second-order valence-corrected chi connectivity index (χ2v) is 5.70. The van der Waals surface area contributed by atoms with Crippen LogP contribution in [0.1, 0.15) is 19.4 Å². The predicted octanol–water partition coefficient (Wildman–Crippen LogP) is 0.878. The fourth-order valence-electron chi connectivity index (χ4n) is 2.57. The molecule has 1 aromatic rings. The van der Waals surface area contributed by atoms with Gasteiger partial charge in [-0.2, -0.15) is 0 Å². The van der Waals surface area contributed by atoms with E-state index in [1.54, 1.807) is 13.8 Å². The summed E-state index contributed by atoms with van der Waals surface area (Å²) in [5, 5.41) is 28.0. The average molecular weight is 324 g/mol. The molecule has 1 aliphatic rings. The van der Waals surface area contributed by atoms with Gasteiger partial charge in [0.15, 0.2) is 0 Å². The number of amides is 1. The van der Waals surface area contributed by atoms with Crippen molar-refractivity contribution in [1.29, 1.82) is 0 Å². The van der Waals surface area contributed by atoms with Gasteiger partial charge >= 0.3 is 11.4 Å². The van der Waals surface area contributed by atoms with Crippen LogP contribution in [0.2, 0.25) is 0 Å². The summed E-state index contributed by atoms with van der Waals surface area (Å²) >= 11 is 0. The molecule has 2 N–H and O–H groups in total. The first-order valence-corrected chi connectivity index (χ1v) is 6.74. The molecule has 0 bridgehead atoms. The Balaban J connectivity index is 2.42. The van der Waals surface area contributed by atoms with Crippen LogP contribution in [0.4, 0.5) is 11.4 Å². The van der Waals surface area contributed by atoms with Crippen LogP contribution >= 0.6 is 0 Å². The smallest absolute Gasteiger partial charge is 0.318 e. The van der Waals surface area contributed by atoms with Crippen LogP contribution in [0.3, 0.4) is 0 Å². The van der Waals surface area contributed by atoms with Crippen LogP contribution in [0, 0.1) is 20.2 Å². The maximum atomic E-state index is 11.9. The van der Waals surface area contributed by atoms with Gasteiger partial charge < -0.3 is 10.1 Å². The summed E-state index contributed by atoms with van der Waals surface area (Å²) in [6.07, 6.45) is 0.0843. The van der Waals surface area contributed by atoms with Gasteiger partial charge in [0.2, 0.25) is 5.91 Å². The Morgan fingerprint density at radius 1 is 1.22 bits per heavy atom. The number of rotatable bonds is 5. The molecule has 1 saturated heterocycles. The highest BCUT2D eigenvalue weighted by Crippen LogP contribution is 2.38. The van der Waals surface area contributed by atoms with Crippen molar-refractivity contribution < 1.29 is 19.4 Å². The number of nitrogens with one attached hydrogen (secondary N) is 2. The molecule has 0 aliphatic carbocycles. The molecule has 0 unspecified atom stereocenters. The average Bonchev–Trinajstić information content (AvgIpc) is 2.70. The topological polar surface area (TPSA) is 137 Å². The van der Waals surface area contributed by atoms with Crippen LogP contribution in [0.5, 0.6) is 5.75 Å². The molecule has 10 heteroatoms. The second-order valence-electron chi connectivity index (χ2n) is 5.70. The summed E-state index contributed by atoms with van der Waals surface area (Å²) in [4.78, 5) is 32.6. The van der Waals surface area contributed by atoms with Crippen LogP contribution < -0.4 is 15.4 Å². The summed E-state index contributed by atoms with van der Waals surface area (Å²) < 4.78 is 4.80. The lowest BCUT2D eigenvalue weighted by Gasteiger charge is -2.18. The molecule has 0 saturated carbocycles. The van der Waals surface area contributed by atoms with E-state index in [0.29, 0.717) is 5.56 Å². The molecule has 2 rings (SSSR count). The van der Waals surface area contributed by atoms with Crippen LogP contribution in [-0.2, 0) is 11.2 Å². The number of carbonyl (C=O) groups is 1. The molecule has 1 heterocycles. The van der Waals surface area contributed by atoms with E-state index in [1.165, 1.54) is 12.1 Å². The molecular formula is C13H16N4O6. The number of ether oxygens (including phenoxy) is 1. The van der Waals surface area contributed by atoms with Gasteiger partial charge in [-0.3, -0.25) is 30.3 Å². The van der Waals surface area contributed by atoms with E-state index in [0.717, 1.165) is 7.11 Å². The lowest BCUT2D eigenvalue weighted by molar-refractivity contribution is -0.395. The molecule has 0 spiro atoms. The van der Waals surface area contributed by atoms with Gasteiger partial charge in [-0.15, -0.1) is 0 Å². The highest BCUT2D eigenvalue weighted by atomic mass is 16.6. The number of methoxy groups -OCH3 is 1. The fraction of sp³-hybridized carbons (Fsp3) is 0.462. The van der Waals surface area contributed by atoms with Gasteiger partial charge in [-0.25, -0.2) is 0 Å². The Kier molecular flexibility index (Phi) is 4.19. The quantitative estimate of drug-likeness (QED) is 0.605. The van der Waals surface area contributed by atoms with Crippen molar-refractivity contribution in [3.8, 4) is 5.75 Å². The van der Waals surface area contributed by atoms with Crippen molar-refractivity contribution in [1.82, 2.24) is 10.6 Å². The Morgan fingerprint density at radius 3 is 2.09 bits per heavy atom. The number of nitro benzene ring substituents is 2. The van der Waals surface area contributed by atoms with Crippen molar-refractivity contribution in [3.05, 3.63) is 37.9 Å². The fourth-order valence-corrected chi connectivity index (χ4v) is 2.57. The highest BCUT2D eigenvalue weighted by Gasteiger charge is 2.37. The number of benzene rings is 1. The molecule has 1 atom stereocenters. The first-order valence-electron chi connectivity index (χ1n) is 6.74. The molecule has 1 aliphatic heterocycles. The Morgan fingerprint density at radius 2 is 1.74 bits per heavy atom. The third-order valence-corrected chi connectivity index (χ3v) is 3.43. The molecule has 1 amide bonds. The van der Waals surface area contributed by atoms with Gasteiger partial charge in [0.05, 0.1) is 28.7 Å². The lowest BCUT2D eigenvalue weighted by Crippen LogP contribution is -2.44. The molecule has 10 nitrogen and oxygen atoms in total. The van der Waals surface area contributed by atoms with E-state index in [1.807, 2.05) is 0 Å². The maximum absolute atomic E-state index is 11.9. The van der Waals surface area contributed by atoms with Crippen LogP contribution in [0.25, 0.3) is 0 Å².